The van der Waals surface area contributed by atoms with Crippen molar-refractivity contribution >= 4 is 21.9 Å². The number of hydrogen-bond donors (Lipinski definition) is 3. The lowest BCUT2D eigenvalue weighted by Crippen LogP contribution is -1.95. The number of nitrogens with one attached hydrogen (secondary N) is 1. The van der Waals surface area contributed by atoms with Crippen molar-refractivity contribution in [3.8, 4) is 22.8 Å². The van der Waals surface area contributed by atoms with Crippen LogP contribution in [0.15, 0.2) is 16.6 Å². The molecule has 0 aliphatic rings. The predicted molar refractivity (Wildman–Crippen MR) is 71.6 cm³/mol. The Kier molecular flexibility index (Phi) is 3.48. The highest BCUT2D eigenvalue weighted by molar-refractivity contribution is 9.10. The highest BCUT2D eigenvalue weighted by Crippen LogP contribution is 2.41. The summed E-state index contributed by atoms with van der Waals surface area (Å²) < 4.78 is 5.81. The molecule has 0 radical (unpaired) electrons. The molecule has 3 N–H and O–H groups in total. The largest absolute Gasteiger partial charge is 0.507 e. The highest BCUT2D eigenvalue weighted by Gasteiger charge is 2.18. The summed E-state index contributed by atoms with van der Waals surface area (Å²) in [6.45, 7) is 1.70. The van der Waals surface area contributed by atoms with Crippen LogP contribution in [0.1, 0.15) is 16.1 Å². The molecule has 100 valence electrons. The van der Waals surface area contributed by atoms with Crippen LogP contribution < -0.4 is 4.74 Å². The zero-order valence-corrected chi connectivity index (χ0v) is 11.8. The molecule has 0 saturated carbocycles. The van der Waals surface area contributed by atoms with Crippen molar-refractivity contribution in [1.29, 1.82) is 0 Å². The zero-order valence-electron chi connectivity index (χ0n) is 10.2. The van der Waals surface area contributed by atoms with Crippen LogP contribution in [0.25, 0.3) is 11.3 Å². The first kappa shape index (κ1) is 13.4. The van der Waals surface area contributed by atoms with Gasteiger partial charge in [-0.15, -0.1) is 0 Å². The maximum atomic E-state index is 10.8. The maximum Gasteiger partial charge on any atom is 0.353 e. The molecule has 0 saturated heterocycles. The number of carboxylic acids is 1. The third-order valence-corrected chi connectivity index (χ3v) is 3.32. The molecule has 7 heteroatoms. The number of aromatic hydroxyl groups is 1. The summed E-state index contributed by atoms with van der Waals surface area (Å²) in [5.74, 6) is -0.582. The first-order chi connectivity index (χ1) is 8.95. The average Bonchev–Trinajstić information content (AvgIpc) is 2.84. The van der Waals surface area contributed by atoms with E-state index < -0.39 is 5.97 Å². The Morgan fingerprint density at radius 2 is 2.16 bits per heavy atom. The Balaban J connectivity index is 2.59. The lowest BCUT2D eigenvalue weighted by Gasteiger charge is -2.12. The highest BCUT2D eigenvalue weighted by atomic mass is 79.9. The van der Waals surface area contributed by atoms with E-state index in [1.807, 2.05) is 0 Å². The molecule has 2 rings (SSSR count). The number of carbonyl (C=O) groups is 1. The number of aromatic amines is 1. The van der Waals surface area contributed by atoms with Crippen molar-refractivity contribution in [2.75, 3.05) is 7.11 Å². The molecule has 1 aromatic carbocycles. The van der Waals surface area contributed by atoms with Crippen LogP contribution in [0.3, 0.4) is 0 Å². The Morgan fingerprint density at radius 3 is 2.68 bits per heavy atom. The molecule has 0 atom stereocenters. The van der Waals surface area contributed by atoms with Crippen LogP contribution in [0.2, 0.25) is 0 Å². The van der Waals surface area contributed by atoms with Crippen LogP contribution in [0, 0.1) is 6.92 Å². The number of phenolic OH excluding ortho intramolecular Hbond substituents is 1. The second-order valence-electron chi connectivity index (χ2n) is 3.88. The minimum atomic E-state index is -1.11. The quantitative estimate of drug-likeness (QED) is 0.805. The van der Waals surface area contributed by atoms with Crippen LogP contribution >= 0.6 is 15.9 Å². The van der Waals surface area contributed by atoms with Crippen molar-refractivity contribution < 1.29 is 19.7 Å². The van der Waals surface area contributed by atoms with Gasteiger partial charge in [0.2, 0.25) is 0 Å². The van der Waals surface area contributed by atoms with Gasteiger partial charge in [-0.1, -0.05) is 0 Å². The third kappa shape index (κ3) is 2.28. The second-order valence-corrected chi connectivity index (χ2v) is 4.74. The van der Waals surface area contributed by atoms with E-state index in [2.05, 4.69) is 26.1 Å². The van der Waals surface area contributed by atoms with Crippen LogP contribution in [0.5, 0.6) is 11.5 Å². The number of nitrogens with zero attached hydrogens (tertiary/aromatic N) is 1. The van der Waals surface area contributed by atoms with Gasteiger partial charge in [0.25, 0.3) is 0 Å². The molecule has 0 spiro atoms. The number of aromatic nitrogens is 2. The Hall–Kier alpha value is -2.02. The predicted octanol–water partition coefficient (Wildman–Crippen LogP) is 2.56. The third-order valence-electron chi connectivity index (χ3n) is 2.73. The van der Waals surface area contributed by atoms with E-state index in [9.17, 15) is 9.90 Å². The molecule has 0 unspecified atom stereocenters. The molecule has 0 aliphatic carbocycles. The van der Waals surface area contributed by atoms with E-state index in [1.165, 1.54) is 13.2 Å². The first-order valence-corrected chi connectivity index (χ1v) is 6.10. The van der Waals surface area contributed by atoms with Crippen LogP contribution in [-0.4, -0.2) is 33.5 Å². The summed E-state index contributed by atoms with van der Waals surface area (Å²) in [6.07, 6.45) is 0. The van der Waals surface area contributed by atoms with E-state index in [-0.39, 0.29) is 11.4 Å². The topological polar surface area (TPSA) is 95.4 Å². The van der Waals surface area contributed by atoms with Crippen molar-refractivity contribution in [3.63, 3.8) is 0 Å². The number of benzene rings is 1. The van der Waals surface area contributed by atoms with E-state index in [1.54, 1.807) is 13.0 Å². The Labute approximate surface area is 117 Å². The summed E-state index contributed by atoms with van der Waals surface area (Å²) in [6, 6.07) is 2.98. The minimum absolute atomic E-state index is 0.00323. The number of aromatic carboxylic acids is 1. The lowest BCUT2D eigenvalue weighted by molar-refractivity contribution is 0.0690. The average molecular weight is 327 g/mol. The van der Waals surface area contributed by atoms with Gasteiger partial charge in [-0.05, 0) is 35.0 Å². The molecule has 19 heavy (non-hydrogen) atoms. The molecule has 0 aliphatic heterocycles. The fraction of sp³-hybridized carbons (Fsp3) is 0.167. The summed E-state index contributed by atoms with van der Waals surface area (Å²) in [5, 5.41) is 25.2. The molecular weight excluding hydrogens is 316 g/mol. The smallest absolute Gasteiger partial charge is 0.353 e. The monoisotopic (exact) mass is 326 g/mol. The van der Waals surface area contributed by atoms with Gasteiger partial charge in [0, 0.05) is 11.1 Å². The standard InChI is InChI=1S/C12H11BrN2O4/c1-5-10(16)6(3-7(13)11(5)19-2)8-4-9(12(17)18)15-14-8/h3-4,16H,1-2H3,(H,14,15)(H,17,18). The van der Waals surface area contributed by atoms with Gasteiger partial charge in [0.05, 0.1) is 17.3 Å². The summed E-state index contributed by atoms with van der Waals surface area (Å²) in [5.41, 5.74) is 1.28. The van der Waals surface area contributed by atoms with E-state index >= 15 is 0 Å². The van der Waals surface area contributed by atoms with E-state index in [0.29, 0.717) is 27.0 Å². The van der Waals surface area contributed by atoms with Gasteiger partial charge in [-0.2, -0.15) is 5.10 Å². The number of halogens is 1. The molecule has 6 nitrogen and oxygen atoms in total. The number of H-pyrrole nitrogens is 1. The number of phenols is 1. The van der Waals surface area contributed by atoms with Gasteiger partial charge in [0.1, 0.15) is 17.2 Å². The maximum absolute atomic E-state index is 10.8. The van der Waals surface area contributed by atoms with Gasteiger partial charge in [-0.25, -0.2) is 4.79 Å². The van der Waals surface area contributed by atoms with Crippen molar-refractivity contribution in [2.24, 2.45) is 0 Å². The molecular formula is C12H11BrN2O4. The SMILES string of the molecule is COc1c(Br)cc(-c2cc(C(=O)O)[nH]n2)c(O)c1C. The number of rotatable bonds is 3. The zero-order chi connectivity index (χ0) is 14.2. The van der Waals surface area contributed by atoms with Gasteiger partial charge < -0.3 is 14.9 Å². The normalized spacial score (nSPS) is 10.5. The molecule has 1 heterocycles. The minimum Gasteiger partial charge on any atom is -0.507 e. The Morgan fingerprint density at radius 1 is 1.47 bits per heavy atom. The van der Waals surface area contributed by atoms with Gasteiger partial charge in [-0.3, -0.25) is 5.10 Å². The molecule has 0 bridgehead atoms. The molecule has 2 aromatic rings. The number of hydrogen-bond acceptors (Lipinski definition) is 4. The van der Waals surface area contributed by atoms with Gasteiger partial charge in [0.15, 0.2) is 0 Å². The van der Waals surface area contributed by atoms with Crippen molar-refractivity contribution in [3.05, 3.63) is 27.9 Å². The number of carboxylic acid groups (broad SMARTS) is 1. The fourth-order valence-electron chi connectivity index (χ4n) is 1.76. The summed E-state index contributed by atoms with van der Waals surface area (Å²) in [4.78, 5) is 10.8. The fourth-order valence-corrected chi connectivity index (χ4v) is 2.45. The summed E-state index contributed by atoms with van der Waals surface area (Å²) >= 11 is 3.33. The Bertz CT molecular complexity index is 651. The van der Waals surface area contributed by atoms with Crippen LogP contribution in [0.4, 0.5) is 0 Å². The molecule has 1 aromatic heterocycles. The van der Waals surface area contributed by atoms with Crippen molar-refractivity contribution in [1.82, 2.24) is 10.2 Å². The first-order valence-electron chi connectivity index (χ1n) is 5.30. The number of ether oxygens (including phenoxy) is 1. The van der Waals surface area contributed by atoms with Crippen LogP contribution in [-0.2, 0) is 0 Å². The summed E-state index contributed by atoms with van der Waals surface area (Å²) in [7, 11) is 1.50. The van der Waals surface area contributed by atoms with E-state index in [4.69, 9.17) is 9.84 Å². The lowest BCUT2D eigenvalue weighted by atomic mass is 10.1. The van der Waals surface area contributed by atoms with Gasteiger partial charge >= 0.3 is 5.97 Å². The second kappa shape index (κ2) is 4.93. The van der Waals surface area contributed by atoms with E-state index in [0.717, 1.165) is 0 Å². The van der Waals surface area contributed by atoms with Crippen molar-refractivity contribution in [2.45, 2.75) is 6.92 Å². The number of methoxy groups -OCH3 is 1. The molecule has 0 fully saturated rings. The molecule has 0 amide bonds.